The SMILES string of the molecule is O=C(CCCCn1c(=O)cc(Nc2ccc3c(c2)CCC3)[nH]c1=O)N1CCN(c2ccccn2)CC1. The number of aromatic amines is 1. The number of unbranched alkanes of at least 4 members (excludes halogenated alkanes) is 1. The predicted octanol–water partition coefficient (Wildman–Crippen LogP) is 2.68. The molecular formula is C27H32N6O3. The van der Waals surface area contributed by atoms with Crippen LogP contribution in [0.5, 0.6) is 0 Å². The fraction of sp³-hybridized carbons (Fsp3) is 0.407. The summed E-state index contributed by atoms with van der Waals surface area (Å²) in [6.07, 6.45) is 6.74. The van der Waals surface area contributed by atoms with Crippen LogP contribution in [-0.4, -0.2) is 51.5 Å². The lowest BCUT2D eigenvalue weighted by atomic mass is 10.1. The van der Waals surface area contributed by atoms with Crippen LogP contribution in [0.25, 0.3) is 0 Å². The van der Waals surface area contributed by atoms with Crippen LogP contribution in [0.2, 0.25) is 0 Å². The number of nitrogens with one attached hydrogen (secondary N) is 2. The Bertz CT molecular complexity index is 1290. The molecule has 1 fully saturated rings. The molecule has 1 aliphatic carbocycles. The maximum absolute atomic E-state index is 12.6. The van der Waals surface area contributed by atoms with E-state index < -0.39 is 5.69 Å². The molecule has 1 amide bonds. The molecule has 0 radical (unpaired) electrons. The molecule has 0 saturated carbocycles. The molecule has 2 aliphatic rings. The zero-order valence-corrected chi connectivity index (χ0v) is 20.4. The highest BCUT2D eigenvalue weighted by Crippen LogP contribution is 2.26. The van der Waals surface area contributed by atoms with Gasteiger partial charge in [0.05, 0.1) is 0 Å². The minimum atomic E-state index is -0.442. The number of hydrogen-bond acceptors (Lipinski definition) is 6. The van der Waals surface area contributed by atoms with Crippen molar-refractivity contribution >= 4 is 23.2 Å². The van der Waals surface area contributed by atoms with Gasteiger partial charge in [0, 0.05) is 57.1 Å². The van der Waals surface area contributed by atoms with E-state index in [0.29, 0.717) is 38.2 Å². The molecule has 188 valence electrons. The summed E-state index contributed by atoms with van der Waals surface area (Å²) in [5, 5.41) is 3.15. The first-order chi connectivity index (χ1) is 17.6. The van der Waals surface area contributed by atoms with E-state index in [1.807, 2.05) is 29.2 Å². The van der Waals surface area contributed by atoms with E-state index in [2.05, 4.69) is 32.3 Å². The standard InChI is InChI=1S/C27H32N6O3/c34-25(32-16-14-31(15-17-32)24-8-1-3-12-28-24)9-2-4-13-33-26(35)19-23(30-27(33)36)29-22-11-10-20-6-5-7-21(20)18-22/h1,3,8,10-12,18-19,29H,2,4-7,9,13-17H2,(H,30,36). The molecule has 1 aliphatic heterocycles. The summed E-state index contributed by atoms with van der Waals surface area (Å²) in [4.78, 5) is 49.0. The molecule has 0 atom stereocenters. The second kappa shape index (κ2) is 10.8. The lowest BCUT2D eigenvalue weighted by Crippen LogP contribution is -2.49. The van der Waals surface area contributed by atoms with E-state index in [4.69, 9.17) is 0 Å². The van der Waals surface area contributed by atoms with E-state index >= 15 is 0 Å². The molecule has 9 heteroatoms. The van der Waals surface area contributed by atoms with Gasteiger partial charge in [-0.25, -0.2) is 9.78 Å². The topological polar surface area (TPSA) is 103 Å². The lowest BCUT2D eigenvalue weighted by Gasteiger charge is -2.35. The number of benzene rings is 1. The van der Waals surface area contributed by atoms with Crippen molar-refractivity contribution in [2.45, 2.75) is 45.1 Å². The Morgan fingerprint density at radius 1 is 0.972 bits per heavy atom. The van der Waals surface area contributed by atoms with Crippen molar-refractivity contribution in [3.05, 3.63) is 80.6 Å². The van der Waals surface area contributed by atoms with Crippen LogP contribution in [0.1, 0.15) is 36.8 Å². The van der Waals surface area contributed by atoms with Gasteiger partial charge in [-0.1, -0.05) is 12.1 Å². The van der Waals surface area contributed by atoms with Crippen molar-refractivity contribution in [2.75, 3.05) is 36.4 Å². The van der Waals surface area contributed by atoms with Crippen molar-refractivity contribution in [2.24, 2.45) is 0 Å². The highest BCUT2D eigenvalue weighted by Gasteiger charge is 2.21. The summed E-state index contributed by atoms with van der Waals surface area (Å²) in [5.74, 6) is 1.44. The highest BCUT2D eigenvalue weighted by atomic mass is 16.2. The van der Waals surface area contributed by atoms with Gasteiger partial charge in [0.1, 0.15) is 11.6 Å². The molecule has 1 saturated heterocycles. The molecule has 3 heterocycles. The quantitative estimate of drug-likeness (QED) is 0.473. The van der Waals surface area contributed by atoms with Crippen LogP contribution in [0.3, 0.4) is 0 Å². The Labute approximate surface area is 209 Å². The van der Waals surface area contributed by atoms with E-state index in [1.165, 1.54) is 28.2 Å². The maximum Gasteiger partial charge on any atom is 0.329 e. The number of carbonyl (C=O) groups excluding carboxylic acids is 1. The third-order valence-corrected chi connectivity index (χ3v) is 7.03. The molecular weight excluding hydrogens is 456 g/mol. The lowest BCUT2D eigenvalue weighted by molar-refractivity contribution is -0.131. The number of anilines is 3. The number of carbonyl (C=O) groups is 1. The smallest absolute Gasteiger partial charge is 0.329 e. The van der Waals surface area contributed by atoms with Gasteiger partial charge in [-0.3, -0.25) is 19.1 Å². The van der Waals surface area contributed by atoms with E-state index in [0.717, 1.165) is 37.4 Å². The molecule has 9 nitrogen and oxygen atoms in total. The molecule has 2 aromatic heterocycles. The minimum absolute atomic E-state index is 0.117. The fourth-order valence-electron chi connectivity index (χ4n) is 5.03. The number of fused-ring (bicyclic) bond motifs is 1. The van der Waals surface area contributed by atoms with Gasteiger partial charge in [0.15, 0.2) is 0 Å². The highest BCUT2D eigenvalue weighted by molar-refractivity contribution is 5.76. The number of rotatable bonds is 8. The molecule has 3 aromatic rings. The number of hydrogen-bond donors (Lipinski definition) is 2. The monoisotopic (exact) mass is 488 g/mol. The van der Waals surface area contributed by atoms with Crippen LogP contribution in [0.15, 0.2) is 58.3 Å². The van der Waals surface area contributed by atoms with Crippen LogP contribution >= 0.6 is 0 Å². The van der Waals surface area contributed by atoms with Gasteiger partial charge in [0.2, 0.25) is 5.91 Å². The van der Waals surface area contributed by atoms with Crippen molar-refractivity contribution in [1.29, 1.82) is 0 Å². The molecule has 0 spiro atoms. The van der Waals surface area contributed by atoms with E-state index in [-0.39, 0.29) is 18.0 Å². The summed E-state index contributed by atoms with van der Waals surface area (Å²) in [6.45, 7) is 3.16. The molecule has 2 N–H and O–H groups in total. The van der Waals surface area contributed by atoms with Gasteiger partial charge in [-0.05, 0) is 67.5 Å². The van der Waals surface area contributed by atoms with Crippen LogP contribution in [-0.2, 0) is 24.2 Å². The minimum Gasteiger partial charge on any atom is -0.353 e. The average molecular weight is 489 g/mol. The molecule has 0 unspecified atom stereocenters. The molecule has 36 heavy (non-hydrogen) atoms. The fourth-order valence-corrected chi connectivity index (χ4v) is 5.03. The van der Waals surface area contributed by atoms with Gasteiger partial charge < -0.3 is 15.1 Å². The van der Waals surface area contributed by atoms with Gasteiger partial charge in [-0.15, -0.1) is 0 Å². The van der Waals surface area contributed by atoms with Crippen molar-refractivity contribution < 1.29 is 4.79 Å². The third kappa shape index (κ3) is 5.50. The predicted molar refractivity (Wildman–Crippen MR) is 140 cm³/mol. The summed E-state index contributed by atoms with van der Waals surface area (Å²) in [7, 11) is 0. The number of aryl methyl sites for hydroxylation is 2. The summed E-state index contributed by atoms with van der Waals surface area (Å²) in [5.41, 5.74) is 2.76. The first-order valence-electron chi connectivity index (χ1n) is 12.7. The number of aromatic nitrogens is 3. The normalized spacial score (nSPS) is 15.1. The zero-order chi connectivity index (χ0) is 24.9. The molecule has 0 bridgehead atoms. The second-order valence-corrected chi connectivity index (χ2v) is 9.45. The summed E-state index contributed by atoms with van der Waals surface area (Å²) >= 11 is 0. The van der Waals surface area contributed by atoms with Gasteiger partial charge in [0.25, 0.3) is 5.56 Å². The second-order valence-electron chi connectivity index (χ2n) is 9.45. The number of amides is 1. The Hall–Kier alpha value is -3.88. The Morgan fingerprint density at radius 3 is 2.58 bits per heavy atom. The number of H-pyrrole nitrogens is 1. The first kappa shape index (κ1) is 23.8. The number of piperazine rings is 1. The van der Waals surface area contributed by atoms with E-state index in [1.54, 1.807) is 6.20 Å². The van der Waals surface area contributed by atoms with Crippen LogP contribution < -0.4 is 21.5 Å². The van der Waals surface area contributed by atoms with Crippen LogP contribution in [0.4, 0.5) is 17.3 Å². The van der Waals surface area contributed by atoms with Gasteiger partial charge >= 0.3 is 5.69 Å². The molecule has 1 aromatic carbocycles. The Kier molecular flexibility index (Phi) is 7.16. The van der Waals surface area contributed by atoms with E-state index in [9.17, 15) is 14.4 Å². The van der Waals surface area contributed by atoms with Gasteiger partial charge in [-0.2, -0.15) is 0 Å². The summed E-state index contributed by atoms with van der Waals surface area (Å²) in [6, 6.07) is 13.4. The Balaban J connectivity index is 1.08. The maximum atomic E-state index is 12.6. The number of nitrogens with zero attached hydrogens (tertiary/aromatic N) is 4. The largest absolute Gasteiger partial charge is 0.353 e. The van der Waals surface area contributed by atoms with Crippen LogP contribution in [0, 0.1) is 0 Å². The Morgan fingerprint density at radius 2 is 1.81 bits per heavy atom. The number of pyridine rings is 1. The summed E-state index contributed by atoms with van der Waals surface area (Å²) < 4.78 is 1.20. The van der Waals surface area contributed by atoms with Crippen molar-refractivity contribution in [1.82, 2.24) is 19.4 Å². The van der Waals surface area contributed by atoms with Crippen molar-refractivity contribution in [3.63, 3.8) is 0 Å². The first-order valence-corrected chi connectivity index (χ1v) is 12.7. The third-order valence-electron chi connectivity index (χ3n) is 7.03. The van der Waals surface area contributed by atoms with Crippen molar-refractivity contribution in [3.8, 4) is 0 Å². The zero-order valence-electron chi connectivity index (χ0n) is 20.4. The molecule has 5 rings (SSSR count). The average Bonchev–Trinajstić information content (AvgIpc) is 3.36.